The molecule has 1 fully saturated rings. The van der Waals surface area contributed by atoms with Gasteiger partial charge in [-0.15, -0.1) is 24.0 Å². The van der Waals surface area contributed by atoms with E-state index >= 15 is 0 Å². The van der Waals surface area contributed by atoms with Crippen LogP contribution in [0.25, 0.3) is 0 Å². The zero-order chi connectivity index (χ0) is 19.9. The van der Waals surface area contributed by atoms with Crippen LogP contribution in [0.5, 0.6) is 0 Å². The van der Waals surface area contributed by atoms with Crippen molar-refractivity contribution in [1.29, 1.82) is 0 Å². The van der Waals surface area contributed by atoms with Gasteiger partial charge in [0, 0.05) is 37.9 Å². The fourth-order valence-corrected chi connectivity index (χ4v) is 3.12. The second kappa shape index (κ2) is 11.5. The molecule has 0 atom stereocenters. The number of halogens is 1. The average Bonchev–Trinajstić information content (AvgIpc) is 2.61. The van der Waals surface area contributed by atoms with Crippen LogP contribution in [0.3, 0.4) is 0 Å². The Kier molecular flexibility index (Phi) is 10.1. The Morgan fingerprint density at radius 2 is 1.75 bits per heavy atom. The Labute approximate surface area is 187 Å². The molecule has 1 amide bonds. The third-order valence-corrected chi connectivity index (χ3v) is 4.70. The number of hydrogen-bond acceptors (Lipinski definition) is 3. The molecule has 1 aliphatic heterocycles. The molecular formula is C21H36IN5O. The molecule has 0 saturated carbocycles. The zero-order valence-electron chi connectivity index (χ0n) is 17.8. The molecule has 3 N–H and O–H groups in total. The maximum absolute atomic E-state index is 11.9. The molecule has 158 valence electrons. The van der Waals surface area contributed by atoms with Gasteiger partial charge in [-0.05, 0) is 57.2 Å². The molecule has 0 aliphatic carbocycles. The van der Waals surface area contributed by atoms with Gasteiger partial charge in [0.2, 0.25) is 5.91 Å². The zero-order valence-corrected chi connectivity index (χ0v) is 20.2. The number of nitrogens with zero attached hydrogens (tertiary/aromatic N) is 2. The molecule has 1 heterocycles. The monoisotopic (exact) mass is 501 g/mol. The molecule has 0 spiro atoms. The van der Waals surface area contributed by atoms with E-state index in [1.165, 1.54) is 24.1 Å². The van der Waals surface area contributed by atoms with Crippen LogP contribution in [0.2, 0.25) is 0 Å². The topological polar surface area (TPSA) is 68.8 Å². The molecule has 0 bridgehead atoms. The van der Waals surface area contributed by atoms with E-state index in [9.17, 15) is 4.79 Å². The molecule has 2 rings (SSSR count). The van der Waals surface area contributed by atoms with Crippen molar-refractivity contribution in [2.24, 2.45) is 10.9 Å². The molecule has 1 saturated heterocycles. The SMILES string of the molecule is CN=C(NCC(=O)NC(C)(C)C)NCc1ccc(N2CCC(C)CC2)cc1.I. The van der Waals surface area contributed by atoms with Crippen molar-refractivity contribution in [2.45, 2.75) is 52.6 Å². The van der Waals surface area contributed by atoms with Crippen LogP contribution in [0, 0.1) is 5.92 Å². The summed E-state index contributed by atoms with van der Waals surface area (Å²) in [6, 6.07) is 8.69. The molecule has 1 aromatic rings. The third kappa shape index (κ3) is 8.67. The molecule has 0 aromatic heterocycles. The second-order valence-corrected chi connectivity index (χ2v) is 8.41. The molecule has 0 unspecified atom stereocenters. The lowest BCUT2D eigenvalue weighted by Gasteiger charge is -2.32. The van der Waals surface area contributed by atoms with Crippen LogP contribution in [0.1, 0.15) is 46.1 Å². The van der Waals surface area contributed by atoms with Gasteiger partial charge in [0.15, 0.2) is 5.96 Å². The molecule has 28 heavy (non-hydrogen) atoms. The number of carbonyl (C=O) groups is 1. The number of guanidine groups is 1. The van der Waals surface area contributed by atoms with E-state index in [-0.39, 0.29) is 42.0 Å². The van der Waals surface area contributed by atoms with E-state index in [1.807, 2.05) is 20.8 Å². The number of hydrogen-bond donors (Lipinski definition) is 3. The first-order valence-corrected chi connectivity index (χ1v) is 9.86. The first-order chi connectivity index (χ1) is 12.8. The molecular weight excluding hydrogens is 465 g/mol. The maximum atomic E-state index is 11.9. The Balaban J connectivity index is 0.00000392. The van der Waals surface area contributed by atoms with Crippen LogP contribution in [-0.4, -0.2) is 44.1 Å². The Morgan fingerprint density at radius 3 is 2.29 bits per heavy atom. The molecule has 1 aromatic carbocycles. The number of rotatable bonds is 5. The van der Waals surface area contributed by atoms with Crippen LogP contribution < -0.4 is 20.9 Å². The Morgan fingerprint density at radius 1 is 1.14 bits per heavy atom. The van der Waals surface area contributed by atoms with E-state index in [4.69, 9.17) is 0 Å². The van der Waals surface area contributed by atoms with Crippen LogP contribution in [-0.2, 0) is 11.3 Å². The van der Waals surface area contributed by atoms with E-state index in [0.717, 1.165) is 19.0 Å². The minimum atomic E-state index is -0.232. The largest absolute Gasteiger partial charge is 0.372 e. The standard InChI is InChI=1S/C21H35N5O.HI/c1-16-10-12-26(13-11-16)18-8-6-17(7-9-18)14-23-20(22-5)24-15-19(27)25-21(2,3)4;/h6-9,16H,10-15H2,1-5H3,(H,25,27)(H2,22,23,24);1H. The summed E-state index contributed by atoms with van der Waals surface area (Å²) in [4.78, 5) is 18.5. The summed E-state index contributed by atoms with van der Waals surface area (Å²) in [7, 11) is 1.71. The number of aliphatic imine (C=N–C) groups is 1. The smallest absolute Gasteiger partial charge is 0.239 e. The van der Waals surface area contributed by atoms with Crippen molar-refractivity contribution < 1.29 is 4.79 Å². The number of benzene rings is 1. The summed E-state index contributed by atoms with van der Waals surface area (Å²) in [5.41, 5.74) is 2.25. The van der Waals surface area contributed by atoms with Gasteiger partial charge in [-0.1, -0.05) is 19.1 Å². The third-order valence-electron chi connectivity index (χ3n) is 4.70. The summed E-state index contributed by atoms with van der Waals surface area (Å²) < 4.78 is 0. The summed E-state index contributed by atoms with van der Waals surface area (Å²) in [6.45, 7) is 11.4. The summed E-state index contributed by atoms with van der Waals surface area (Å²) >= 11 is 0. The van der Waals surface area contributed by atoms with Crippen molar-refractivity contribution in [3.63, 3.8) is 0 Å². The molecule has 6 nitrogen and oxygen atoms in total. The summed E-state index contributed by atoms with van der Waals surface area (Å²) in [5, 5.41) is 9.23. The number of carbonyl (C=O) groups excluding carboxylic acids is 1. The molecule has 1 aliphatic rings. The maximum Gasteiger partial charge on any atom is 0.239 e. The van der Waals surface area contributed by atoms with Crippen molar-refractivity contribution in [3.8, 4) is 0 Å². The van der Waals surface area contributed by atoms with Gasteiger partial charge >= 0.3 is 0 Å². The lowest BCUT2D eigenvalue weighted by Crippen LogP contribution is -2.48. The van der Waals surface area contributed by atoms with Crippen LogP contribution in [0.4, 0.5) is 5.69 Å². The summed E-state index contributed by atoms with van der Waals surface area (Å²) in [6.07, 6.45) is 2.54. The first-order valence-electron chi connectivity index (χ1n) is 9.86. The highest BCUT2D eigenvalue weighted by Crippen LogP contribution is 2.23. The van der Waals surface area contributed by atoms with Gasteiger partial charge in [0.25, 0.3) is 0 Å². The number of anilines is 1. The quantitative estimate of drug-likeness (QED) is 0.330. The van der Waals surface area contributed by atoms with Crippen LogP contribution in [0.15, 0.2) is 29.3 Å². The first kappa shape index (κ1) is 24.5. The number of nitrogens with one attached hydrogen (secondary N) is 3. The molecule has 0 radical (unpaired) electrons. The van der Waals surface area contributed by atoms with E-state index in [2.05, 4.69) is 57.0 Å². The van der Waals surface area contributed by atoms with E-state index < -0.39 is 0 Å². The summed E-state index contributed by atoms with van der Waals surface area (Å²) in [5.74, 6) is 1.41. The van der Waals surface area contributed by atoms with E-state index in [1.54, 1.807) is 7.05 Å². The van der Waals surface area contributed by atoms with Gasteiger partial charge in [0.05, 0.1) is 6.54 Å². The number of piperidine rings is 1. The van der Waals surface area contributed by atoms with Gasteiger partial charge in [-0.25, -0.2) is 0 Å². The van der Waals surface area contributed by atoms with Gasteiger partial charge in [-0.3, -0.25) is 9.79 Å². The second-order valence-electron chi connectivity index (χ2n) is 8.41. The van der Waals surface area contributed by atoms with Crippen molar-refractivity contribution in [3.05, 3.63) is 29.8 Å². The molecule has 7 heteroatoms. The highest BCUT2D eigenvalue weighted by atomic mass is 127. The fraction of sp³-hybridized carbons (Fsp3) is 0.619. The fourth-order valence-electron chi connectivity index (χ4n) is 3.12. The Bertz CT molecular complexity index is 631. The lowest BCUT2D eigenvalue weighted by atomic mass is 9.99. The minimum absolute atomic E-state index is 0. The number of amides is 1. The predicted octanol–water partition coefficient (Wildman–Crippen LogP) is 3.12. The van der Waals surface area contributed by atoms with Gasteiger partial charge in [-0.2, -0.15) is 0 Å². The average molecular weight is 501 g/mol. The van der Waals surface area contributed by atoms with Gasteiger partial charge in [0.1, 0.15) is 0 Å². The Hall–Kier alpha value is -1.51. The van der Waals surface area contributed by atoms with E-state index in [0.29, 0.717) is 12.5 Å². The minimum Gasteiger partial charge on any atom is -0.372 e. The van der Waals surface area contributed by atoms with Crippen molar-refractivity contribution in [2.75, 3.05) is 31.6 Å². The van der Waals surface area contributed by atoms with Crippen molar-refractivity contribution in [1.82, 2.24) is 16.0 Å². The normalized spacial score (nSPS) is 15.6. The highest BCUT2D eigenvalue weighted by Gasteiger charge is 2.16. The highest BCUT2D eigenvalue weighted by molar-refractivity contribution is 14.0. The van der Waals surface area contributed by atoms with Crippen molar-refractivity contribution >= 4 is 41.5 Å². The van der Waals surface area contributed by atoms with Crippen LogP contribution >= 0.6 is 24.0 Å². The lowest BCUT2D eigenvalue weighted by molar-refractivity contribution is -0.121. The predicted molar refractivity (Wildman–Crippen MR) is 129 cm³/mol. The van der Waals surface area contributed by atoms with Gasteiger partial charge < -0.3 is 20.9 Å².